The zero-order valence-electron chi connectivity index (χ0n) is 2.76. The molecule has 0 aliphatic heterocycles. The molecule has 0 unspecified atom stereocenters. The molecule has 3 nitrogen and oxygen atoms in total. The van der Waals surface area contributed by atoms with Crippen LogP contribution in [0.5, 0.6) is 0 Å². The first-order valence-electron chi connectivity index (χ1n) is 0.408. The topological polar surface area (TPSA) is 70.1 Å². The van der Waals surface area contributed by atoms with Gasteiger partial charge in [0.1, 0.15) is 0 Å². The van der Waals surface area contributed by atoms with Crippen LogP contribution in [0.4, 0.5) is 0 Å². The number of hydrogen-bond acceptors (Lipinski definition) is 3. The van der Waals surface area contributed by atoms with Gasteiger partial charge in [-0.3, -0.25) is 0 Å². The maximum Gasteiger partial charge on any atom is 1.00 e. The van der Waals surface area contributed by atoms with E-state index in [1.54, 1.807) is 0 Å². The fourth-order valence-electron chi connectivity index (χ4n) is 0. The van der Waals surface area contributed by atoms with Gasteiger partial charge in [-0.2, -0.15) is 0 Å². The van der Waals surface area contributed by atoms with Gasteiger partial charge in [-0.25, -0.2) is 0 Å². The third kappa shape index (κ3) is 141. The molecule has 0 heterocycles. The largest absolute Gasteiger partial charge is 1.00 e. The summed E-state index contributed by atoms with van der Waals surface area (Å²) in [4.78, 5) is 8.12. The smallest absolute Gasteiger partial charge is 0.870 e. The normalized spacial score (nSPS) is 2.40. The van der Waals surface area contributed by atoms with Gasteiger partial charge in [0.25, 0.3) is 0 Å². The summed E-state index contributed by atoms with van der Waals surface area (Å²) in [5.41, 5.74) is 0. The van der Waals surface area contributed by atoms with Gasteiger partial charge < -0.3 is 21.8 Å². The maximum atomic E-state index is 8.12. The predicted molar refractivity (Wildman–Crippen MR) is 7.63 cm³/mol. The number of hydrogen-bond donors (Lipinski definition) is 0. The average molecular weight is 84.0 g/mol. The molecule has 0 spiro atoms. The Labute approximate surface area is 51.6 Å². The van der Waals surface area contributed by atoms with Crippen molar-refractivity contribution in [2.45, 2.75) is 0 Å². The Hall–Kier alpha value is 0.430. The second kappa shape index (κ2) is 25.5. The van der Waals surface area contributed by atoms with Crippen LogP contribution in [0.15, 0.2) is 0 Å². The Morgan fingerprint density at radius 1 is 1.60 bits per heavy atom. The van der Waals surface area contributed by atoms with Gasteiger partial charge in [0.05, 0.1) is 0 Å². The summed E-state index contributed by atoms with van der Waals surface area (Å²) in [6.45, 7) is 0.250. The number of rotatable bonds is 0. The van der Waals surface area contributed by atoms with Gasteiger partial charge in [0, 0.05) is 0 Å². The molecule has 0 rings (SSSR count). The van der Waals surface area contributed by atoms with Crippen LogP contribution in [-0.4, -0.2) is 11.9 Å². The van der Waals surface area contributed by atoms with E-state index < -0.39 is 0 Å². The van der Waals surface area contributed by atoms with Crippen LogP contribution < -0.4 is 34.7 Å². The average Bonchev–Trinajstić information content (AvgIpc) is 0.918. The predicted octanol–water partition coefficient (Wildman–Crippen LogP) is -4.90. The molecule has 0 aromatic heterocycles. The van der Waals surface area contributed by atoms with Crippen molar-refractivity contribution < 1.29 is 44.9 Å². The van der Waals surface area contributed by atoms with Crippen molar-refractivity contribution in [3.63, 3.8) is 0 Å². The molecule has 0 aromatic rings. The summed E-state index contributed by atoms with van der Waals surface area (Å²) < 4.78 is 0. The molecule has 0 saturated carbocycles. The minimum Gasteiger partial charge on any atom is -0.870 e. The Kier molecular flexibility index (Phi) is 92.0. The van der Waals surface area contributed by atoms with Gasteiger partial charge in [-0.1, -0.05) is 0 Å². The molecule has 0 aliphatic carbocycles. The standard InChI is InChI=1S/CO2.Na.H2O/c2-1-3;;/h;;1H2/q-2;+1;/p-1. The van der Waals surface area contributed by atoms with Crippen molar-refractivity contribution in [2.24, 2.45) is 0 Å². The first kappa shape index (κ1) is 18.0. The molecular weight excluding hydrogens is 83.0 g/mol. The van der Waals surface area contributed by atoms with E-state index in [0.29, 0.717) is 0 Å². The summed E-state index contributed by atoms with van der Waals surface area (Å²) in [6.07, 6.45) is 0. The van der Waals surface area contributed by atoms with Crippen molar-refractivity contribution in [3.8, 4) is 0 Å². The first-order valence-corrected chi connectivity index (χ1v) is 0.408. The molecule has 0 aliphatic rings. The molecule has 5 heavy (non-hydrogen) atoms. The SMILES string of the molecule is O=[C-][O-].[Na+].[OH-]. The van der Waals surface area contributed by atoms with Crippen molar-refractivity contribution in [2.75, 3.05) is 0 Å². The third-order valence-electron chi connectivity index (χ3n) is 0. The van der Waals surface area contributed by atoms with Gasteiger partial charge in [0.2, 0.25) is 0 Å². The fraction of sp³-hybridized carbons (Fsp3) is 0. The second-order valence-electron chi connectivity index (χ2n) is 0.0833. The van der Waals surface area contributed by atoms with Crippen LogP contribution in [0.25, 0.3) is 0 Å². The molecular formula is CHNaO3-2. The Morgan fingerprint density at radius 2 is 1.60 bits per heavy atom. The fourth-order valence-corrected chi connectivity index (χ4v) is 0. The van der Waals surface area contributed by atoms with E-state index in [0.717, 1.165) is 0 Å². The Morgan fingerprint density at radius 3 is 1.60 bits per heavy atom. The first-order chi connectivity index (χ1) is 1.41. The van der Waals surface area contributed by atoms with Crippen LogP contribution in [0.3, 0.4) is 0 Å². The maximum absolute atomic E-state index is 8.12. The van der Waals surface area contributed by atoms with E-state index in [1.165, 1.54) is 0 Å². The van der Waals surface area contributed by atoms with E-state index in [9.17, 15) is 0 Å². The zero-order chi connectivity index (χ0) is 2.71. The van der Waals surface area contributed by atoms with E-state index in [4.69, 9.17) is 9.90 Å². The summed E-state index contributed by atoms with van der Waals surface area (Å²) in [7, 11) is 0. The molecule has 0 radical (unpaired) electrons. The van der Waals surface area contributed by atoms with Crippen molar-refractivity contribution in [1.29, 1.82) is 0 Å². The van der Waals surface area contributed by atoms with E-state index in [1.807, 2.05) is 0 Å². The van der Waals surface area contributed by atoms with E-state index in [-0.39, 0.29) is 41.5 Å². The molecule has 0 bridgehead atoms. The van der Waals surface area contributed by atoms with Gasteiger partial charge in [-0.15, -0.1) is 0 Å². The van der Waals surface area contributed by atoms with E-state index in [2.05, 4.69) is 0 Å². The van der Waals surface area contributed by atoms with Crippen molar-refractivity contribution in [1.82, 2.24) is 0 Å². The molecule has 1 N–H and O–H groups in total. The summed E-state index contributed by atoms with van der Waals surface area (Å²) in [5.74, 6) is 0. The minimum absolute atomic E-state index is 0. The summed E-state index contributed by atoms with van der Waals surface area (Å²) in [5, 5.41) is 8.12. The van der Waals surface area contributed by atoms with Crippen LogP contribution in [0, 0.1) is 0 Å². The molecule has 4 heteroatoms. The summed E-state index contributed by atoms with van der Waals surface area (Å²) in [6, 6.07) is 0. The van der Waals surface area contributed by atoms with Crippen molar-refractivity contribution >= 4 is 6.47 Å². The molecule has 0 amide bonds. The van der Waals surface area contributed by atoms with Gasteiger partial charge in [-0.05, 0) is 0 Å². The summed E-state index contributed by atoms with van der Waals surface area (Å²) >= 11 is 0. The van der Waals surface area contributed by atoms with Gasteiger partial charge >= 0.3 is 29.6 Å². The monoisotopic (exact) mass is 84.0 g/mol. The zero-order valence-corrected chi connectivity index (χ0v) is 4.76. The molecule has 0 atom stereocenters. The van der Waals surface area contributed by atoms with E-state index >= 15 is 0 Å². The second-order valence-corrected chi connectivity index (χ2v) is 0.0833. The quantitative estimate of drug-likeness (QED) is 0.218. The minimum atomic E-state index is 0. The molecule has 0 fully saturated rings. The molecule has 0 saturated heterocycles. The third-order valence-corrected chi connectivity index (χ3v) is 0. The Balaban J connectivity index is -0.0000000200. The van der Waals surface area contributed by atoms with Crippen LogP contribution in [-0.2, 0) is 4.79 Å². The molecule has 26 valence electrons. The van der Waals surface area contributed by atoms with Crippen LogP contribution >= 0.6 is 0 Å². The van der Waals surface area contributed by atoms with Crippen LogP contribution in [0.2, 0.25) is 0 Å². The number of carbonyl (C=O) groups excluding carboxylic acids is 1. The Bertz CT molecular complexity index is 14.4. The van der Waals surface area contributed by atoms with Gasteiger partial charge in [0.15, 0.2) is 0 Å². The molecule has 0 aromatic carbocycles. The van der Waals surface area contributed by atoms with Crippen molar-refractivity contribution in [3.05, 3.63) is 0 Å². The van der Waals surface area contributed by atoms with Crippen LogP contribution in [0.1, 0.15) is 0 Å².